The molecule has 0 saturated carbocycles. The van der Waals surface area contributed by atoms with E-state index in [-0.39, 0.29) is 29.9 Å². The lowest BCUT2D eigenvalue weighted by Crippen LogP contribution is -2.31. The highest BCUT2D eigenvalue weighted by molar-refractivity contribution is 6.01. The van der Waals surface area contributed by atoms with Crippen LogP contribution in [0.3, 0.4) is 0 Å². The molecule has 13 heteroatoms. The molecule has 0 amide bonds. The average Bonchev–Trinajstić information content (AvgIpc) is 3.51. The van der Waals surface area contributed by atoms with E-state index in [2.05, 4.69) is 0 Å². The number of fused-ring (bicyclic) bond motifs is 3. The molecule has 234 valence electrons. The van der Waals surface area contributed by atoms with E-state index in [1.165, 1.54) is 42.5 Å². The van der Waals surface area contributed by atoms with Crippen molar-refractivity contribution in [3.63, 3.8) is 0 Å². The number of esters is 6. The summed E-state index contributed by atoms with van der Waals surface area (Å²) >= 11 is 0. The van der Waals surface area contributed by atoms with E-state index in [0.717, 1.165) is 30.3 Å². The van der Waals surface area contributed by atoms with Crippen molar-refractivity contribution in [3.8, 4) is 11.5 Å². The molecule has 4 unspecified atom stereocenters. The maximum Gasteiger partial charge on any atom is 0.416 e. The molecule has 2 aliphatic heterocycles. The summed E-state index contributed by atoms with van der Waals surface area (Å²) in [6, 6.07) is 14.0. The molecule has 3 aromatic rings. The van der Waals surface area contributed by atoms with Gasteiger partial charge in [0.15, 0.2) is 0 Å². The highest BCUT2D eigenvalue weighted by Gasteiger charge is 2.54. The molecule has 46 heavy (non-hydrogen) atoms. The van der Waals surface area contributed by atoms with Crippen molar-refractivity contribution < 1.29 is 60.9 Å². The fourth-order valence-corrected chi connectivity index (χ4v) is 5.84. The average molecular weight is 635 g/mol. The molecule has 3 aromatic carbocycles. The SMILES string of the molecule is O=C(C=Cc1ccc(OC(=O)c2ccc(C(F)(F)F)cc2)cc1)Oc1ccc2c(c1)C1C(=O)OC(=O)C1CC2C1CC(=O)OC1=O. The van der Waals surface area contributed by atoms with Crippen LogP contribution in [0, 0.1) is 11.8 Å². The van der Waals surface area contributed by atoms with Crippen LogP contribution >= 0.6 is 0 Å². The van der Waals surface area contributed by atoms with Gasteiger partial charge in [-0.15, -0.1) is 0 Å². The highest BCUT2D eigenvalue weighted by atomic mass is 19.4. The van der Waals surface area contributed by atoms with Crippen molar-refractivity contribution in [3.05, 3.63) is 101 Å². The lowest BCUT2D eigenvalue weighted by Gasteiger charge is -2.32. The van der Waals surface area contributed by atoms with Crippen LogP contribution in [-0.2, 0) is 39.6 Å². The maximum atomic E-state index is 12.7. The maximum absolute atomic E-state index is 12.7. The highest BCUT2D eigenvalue weighted by Crippen LogP contribution is 2.51. The lowest BCUT2D eigenvalue weighted by atomic mass is 9.67. The number of halogens is 3. The summed E-state index contributed by atoms with van der Waals surface area (Å²) in [6.07, 6.45) is -2.03. The molecular weight excluding hydrogens is 613 g/mol. The second-order valence-corrected chi connectivity index (χ2v) is 10.8. The molecule has 10 nitrogen and oxygen atoms in total. The van der Waals surface area contributed by atoms with Crippen molar-refractivity contribution in [2.45, 2.75) is 30.9 Å². The number of alkyl halides is 3. The van der Waals surface area contributed by atoms with E-state index in [1.807, 2.05) is 0 Å². The molecule has 4 atom stereocenters. The second-order valence-electron chi connectivity index (χ2n) is 10.8. The van der Waals surface area contributed by atoms with Gasteiger partial charge in [0.2, 0.25) is 0 Å². The van der Waals surface area contributed by atoms with Crippen LogP contribution in [0.1, 0.15) is 57.3 Å². The van der Waals surface area contributed by atoms with Crippen LogP contribution in [0.2, 0.25) is 0 Å². The molecule has 0 N–H and O–H groups in total. The van der Waals surface area contributed by atoms with Gasteiger partial charge in [0, 0.05) is 6.08 Å². The molecule has 0 aromatic heterocycles. The first-order valence-corrected chi connectivity index (χ1v) is 13.9. The summed E-state index contributed by atoms with van der Waals surface area (Å²) in [5, 5.41) is 0. The van der Waals surface area contributed by atoms with Gasteiger partial charge in [-0.2, -0.15) is 13.2 Å². The molecule has 2 heterocycles. The van der Waals surface area contributed by atoms with Gasteiger partial charge in [0.1, 0.15) is 11.5 Å². The third kappa shape index (κ3) is 6.03. The van der Waals surface area contributed by atoms with Gasteiger partial charge >= 0.3 is 42.0 Å². The Labute approximate surface area is 257 Å². The van der Waals surface area contributed by atoms with E-state index < -0.39 is 71.2 Å². The van der Waals surface area contributed by atoms with E-state index in [4.69, 9.17) is 18.9 Å². The van der Waals surface area contributed by atoms with Crippen LogP contribution in [0.4, 0.5) is 13.2 Å². The van der Waals surface area contributed by atoms with Crippen molar-refractivity contribution in [1.29, 1.82) is 0 Å². The normalized spacial score (nSPS) is 22.2. The minimum Gasteiger partial charge on any atom is -0.423 e. The van der Waals surface area contributed by atoms with Crippen LogP contribution < -0.4 is 9.47 Å². The zero-order valence-corrected chi connectivity index (χ0v) is 23.4. The van der Waals surface area contributed by atoms with Gasteiger partial charge in [-0.05, 0) is 83.6 Å². The summed E-state index contributed by atoms with van der Waals surface area (Å²) in [7, 11) is 0. The quantitative estimate of drug-likeness (QED) is 0.159. The van der Waals surface area contributed by atoms with Crippen molar-refractivity contribution in [2.24, 2.45) is 11.8 Å². The van der Waals surface area contributed by atoms with Crippen LogP contribution in [0.15, 0.2) is 72.8 Å². The molecular formula is C33H21F3O10. The number of hydrogen-bond donors (Lipinski definition) is 0. The number of cyclic esters (lactones) is 4. The minimum atomic E-state index is -4.53. The monoisotopic (exact) mass is 634 g/mol. The van der Waals surface area contributed by atoms with Gasteiger partial charge in [-0.3, -0.25) is 19.2 Å². The Bertz CT molecular complexity index is 1810. The first-order valence-electron chi connectivity index (χ1n) is 13.9. The predicted octanol–water partition coefficient (Wildman–Crippen LogP) is 4.90. The Balaban J connectivity index is 1.12. The van der Waals surface area contributed by atoms with Gasteiger partial charge in [-0.1, -0.05) is 18.2 Å². The Morgan fingerprint density at radius 2 is 1.41 bits per heavy atom. The molecule has 1 aliphatic carbocycles. The van der Waals surface area contributed by atoms with Gasteiger partial charge < -0.3 is 18.9 Å². The summed E-state index contributed by atoms with van der Waals surface area (Å²) in [5.74, 6) is -7.53. The first-order chi connectivity index (χ1) is 21.9. The van der Waals surface area contributed by atoms with Gasteiger partial charge in [0.25, 0.3) is 0 Å². The Hall–Kier alpha value is -5.59. The summed E-state index contributed by atoms with van der Waals surface area (Å²) in [6.45, 7) is 0. The zero-order valence-electron chi connectivity index (χ0n) is 23.4. The van der Waals surface area contributed by atoms with Crippen LogP contribution in [0.25, 0.3) is 6.08 Å². The first kappa shape index (κ1) is 30.4. The lowest BCUT2D eigenvalue weighted by molar-refractivity contribution is -0.155. The number of ether oxygens (including phenoxy) is 4. The van der Waals surface area contributed by atoms with Crippen LogP contribution in [0.5, 0.6) is 11.5 Å². The van der Waals surface area contributed by atoms with Crippen LogP contribution in [-0.4, -0.2) is 35.8 Å². The predicted molar refractivity (Wildman–Crippen MR) is 148 cm³/mol. The Morgan fingerprint density at radius 1 is 0.739 bits per heavy atom. The molecule has 3 aliphatic rings. The van der Waals surface area contributed by atoms with E-state index in [9.17, 15) is 41.9 Å². The molecule has 2 fully saturated rings. The third-order valence-electron chi connectivity index (χ3n) is 8.02. The fourth-order valence-electron chi connectivity index (χ4n) is 5.84. The molecule has 6 rings (SSSR count). The zero-order chi connectivity index (χ0) is 32.7. The topological polar surface area (TPSA) is 139 Å². The van der Waals surface area contributed by atoms with Crippen molar-refractivity contribution in [2.75, 3.05) is 0 Å². The number of hydrogen-bond acceptors (Lipinski definition) is 10. The van der Waals surface area contributed by atoms with Crippen molar-refractivity contribution >= 4 is 41.9 Å². The number of benzene rings is 3. The molecule has 0 radical (unpaired) electrons. The summed E-state index contributed by atoms with van der Waals surface area (Å²) in [5.41, 5.74) is 0.473. The minimum absolute atomic E-state index is 0.0653. The van der Waals surface area contributed by atoms with Crippen molar-refractivity contribution in [1.82, 2.24) is 0 Å². The summed E-state index contributed by atoms with van der Waals surface area (Å²) in [4.78, 5) is 74.0. The number of rotatable bonds is 6. The van der Waals surface area contributed by atoms with E-state index >= 15 is 0 Å². The Morgan fingerprint density at radius 3 is 2.07 bits per heavy atom. The molecule has 2 saturated heterocycles. The summed E-state index contributed by atoms with van der Waals surface area (Å²) < 4.78 is 58.4. The molecule has 0 spiro atoms. The van der Waals surface area contributed by atoms with Gasteiger partial charge in [0.05, 0.1) is 35.3 Å². The number of carbonyl (C=O) groups excluding carboxylic acids is 6. The van der Waals surface area contributed by atoms with E-state index in [1.54, 1.807) is 6.07 Å². The fraction of sp³-hybridized carbons (Fsp3) is 0.212. The smallest absolute Gasteiger partial charge is 0.416 e. The second kappa shape index (κ2) is 11.7. The standard InChI is InChI=1S/C33H21F3O10/c34-33(35,36)18-6-4-17(5-7-18)29(39)44-19-8-1-16(2-9-19)3-12-26(37)43-20-10-11-21-22(24-15-27(38)45-30(24)40)14-25-28(23(21)13-20)32(42)46-31(25)41/h1-13,22,24-25,28H,14-15H2. The van der Waals surface area contributed by atoms with Gasteiger partial charge in [-0.25, -0.2) is 9.59 Å². The molecule has 0 bridgehead atoms. The number of carbonyl (C=O) groups is 6. The third-order valence-corrected chi connectivity index (χ3v) is 8.02. The Kier molecular flexibility index (Phi) is 7.76. The largest absolute Gasteiger partial charge is 0.423 e. The van der Waals surface area contributed by atoms with E-state index in [0.29, 0.717) is 16.7 Å².